The predicted molar refractivity (Wildman–Crippen MR) is 46.9 cm³/mol. The maximum absolute atomic E-state index is 11.1. The van der Waals surface area contributed by atoms with Crippen LogP contribution in [-0.4, -0.2) is 26.7 Å². The molecular formula is C7H10N2O2S. The van der Waals surface area contributed by atoms with E-state index in [1.807, 2.05) is 0 Å². The van der Waals surface area contributed by atoms with Crippen molar-refractivity contribution in [3.05, 3.63) is 18.3 Å². The zero-order chi connectivity index (χ0) is 9.19. The minimum absolute atomic E-state index is 0.229. The molecule has 0 fully saturated rings. The van der Waals surface area contributed by atoms with E-state index in [0.717, 1.165) is 6.26 Å². The first kappa shape index (κ1) is 8.99. The average Bonchev–Trinajstić information content (AvgIpc) is 2.03. The molecule has 0 atom stereocenters. The van der Waals surface area contributed by atoms with Gasteiger partial charge in [-0.25, -0.2) is 13.4 Å². The van der Waals surface area contributed by atoms with E-state index in [2.05, 4.69) is 10.3 Å². The summed E-state index contributed by atoms with van der Waals surface area (Å²) in [6.45, 7) is 0. The summed E-state index contributed by atoms with van der Waals surface area (Å²) >= 11 is 0. The van der Waals surface area contributed by atoms with Gasteiger partial charge in [-0.15, -0.1) is 0 Å². The standard InChI is InChI=1S/C7H10N2O2S/c1-8-7-6(12(2,10)11)4-3-5-9-7/h3-5H,1-2H3,(H,8,9). The fourth-order valence-electron chi connectivity index (χ4n) is 0.878. The van der Waals surface area contributed by atoms with Crippen LogP contribution in [0.25, 0.3) is 0 Å². The normalized spacial score (nSPS) is 11.2. The smallest absolute Gasteiger partial charge is 0.179 e. The van der Waals surface area contributed by atoms with E-state index in [-0.39, 0.29) is 4.90 Å². The lowest BCUT2D eigenvalue weighted by Crippen LogP contribution is -2.03. The number of hydrogen-bond acceptors (Lipinski definition) is 4. The summed E-state index contributed by atoms with van der Waals surface area (Å²) in [5, 5.41) is 2.71. The summed E-state index contributed by atoms with van der Waals surface area (Å²) in [5.41, 5.74) is 0. The minimum atomic E-state index is -3.17. The zero-order valence-electron chi connectivity index (χ0n) is 6.90. The number of nitrogens with zero attached hydrogens (tertiary/aromatic N) is 1. The molecule has 0 aliphatic heterocycles. The fourth-order valence-corrected chi connectivity index (χ4v) is 1.71. The van der Waals surface area contributed by atoms with Gasteiger partial charge in [-0.2, -0.15) is 0 Å². The van der Waals surface area contributed by atoms with Gasteiger partial charge in [-0.1, -0.05) is 0 Å². The lowest BCUT2D eigenvalue weighted by Gasteiger charge is -2.03. The molecule has 0 unspecified atom stereocenters. The van der Waals surface area contributed by atoms with Crippen molar-refractivity contribution < 1.29 is 8.42 Å². The van der Waals surface area contributed by atoms with Gasteiger partial charge in [0.25, 0.3) is 0 Å². The summed E-state index contributed by atoms with van der Waals surface area (Å²) in [5.74, 6) is 0.389. The van der Waals surface area contributed by atoms with Crippen LogP contribution >= 0.6 is 0 Å². The number of anilines is 1. The van der Waals surface area contributed by atoms with Crippen molar-refractivity contribution in [2.24, 2.45) is 0 Å². The fraction of sp³-hybridized carbons (Fsp3) is 0.286. The second-order valence-electron chi connectivity index (χ2n) is 2.37. The van der Waals surface area contributed by atoms with Crippen molar-refractivity contribution in [2.45, 2.75) is 4.90 Å². The largest absolute Gasteiger partial charge is 0.372 e. The molecule has 0 saturated heterocycles. The Morgan fingerprint density at radius 1 is 1.50 bits per heavy atom. The van der Waals surface area contributed by atoms with E-state index in [4.69, 9.17) is 0 Å². The monoisotopic (exact) mass is 186 g/mol. The van der Waals surface area contributed by atoms with Gasteiger partial charge in [0.15, 0.2) is 9.84 Å². The first-order valence-electron chi connectivity index (χ1n) is 3.38. The third-order valence-corrected chi connectivity index (χ3v) is 2.54. The van der Waals surface area contributed by atoms with Crippen molar-refractivity contribution >= 4 is 15.7 Å². The molecular weight excluding hydrogens is 176 g/mol. The van der Waals surface area contributed by atoms with Crippen molar-refractivity contribution in [1.29, 1.82) is 0 Å². The van der Waals surface area contributed by atoms with Gasteiger partial charge in [0.1, 0.15) is 10.7 Å². The Balaban J connectivity index is 3.33. The van der Waals surface area contributed by atoms with Crippen LogP contribution in [0.5, 0.6) is 0 Å². The lowest BCUT2D eigenvalue weighted by molar-refractivity contribution is 0.602. The van der Waals surface area contributed by atoms with Gasteiger partial charge in [0.05, 0.1) is 0 Å². The Bertz CT molecular complexity index is 373. The first-order valence-corrected chi connectivity index (χ1v) is 5.27. The molecule has 66 valence electrons. The Kier molecular flexibility index (Phi) is 2.32. The van der Waals surface area contributed by atoms with E-state index >= 15 is 0 Å². The molecule has 0 bridgehead atoms. The SMILES string of the molecule is CNc1ncccc1S(C)(=O)=O. The van der Waals surface area contributed by atoms with Crippen LogP contribution in [0.15, 0.2) is 23.2 Å². The molecule has 12 heavy (non-hydrogen) atoms. The van der Waals surface area contributed by atoms with Crippen LogP contribution in [0.2, 0.25) is 0 Å². The van der Waals surface area contributed by atoms with Crippen molar-refractivity contribution in [2.75, 3.05) is 18.6 Å². The zero-order valence-corrected chi connectivity index (χ0v) is 7.72. The average molecular weight is 186 g/mol. The van der Waals surface area contributed by atoms with Crippen molar-refractivity contribution in [3.8, 4) is 0 Å². The van der Waals surface area contributed by atoms with E-state index in [1.165, 1.54) is 6.07 Å². The molecule has 5 heteroatoms. The third kappa shape index (κ3) is 1.73. The van der Waals surface area contributed by atoms with Gasteiger partial charge in [-0.3, -0.25) is 0 Å². The Morgan fingerprint density at radius 3 is 2.58 bits per heavy atom. The van der Waals surface area contributed by atoms with Gasteiger partial charge >= 0.3 is 0 Å². The number of pyridine rings is 1. The highest BCUT2D eigenvalue weighted by Crippen LogP contribution is 2.16. The van der Waals surface area contributed by atoms with Crippen LogP contribution in [0, 0.1) is 0 Å². The number of nitrogens with one attached hydrogen (secondary N) is 1. The summed E-state index contributed by atoms with van der Waals surface area (Å²) in [6.07, 6.45) is 2.70. The van der Waals surface area contributed by atoms with E-state index in [0.29, 0.717) is 5.82 Å². The number of hydrogen-bond donors (Lipinski definition) is 1. The highest BCUT2D eigenvalue weighted by Gasteiger charge is 2.11. The molecule has 0 radical (unpaired) electrons. The first-order chi connectivity index (χ1) is 5.55. The van der Waals surface area contributed by atoms with Crippen LogP contribution < -0.4 is 5.32 Å². The molecule has 1 heterocycles. The molecule has 4 nitrogen and oxygen atoms in total. The molecule has 0 amide bonds. The summed E-state index contributed by atoms with van der Waals surface area (Å²) in [4.78, 5) is 4.10. The summed E-state index contributed by atoms with van der Waals surface area (Å²) in [7, 11) is -1.53. The van der Waals surface area contributed by atoms with E-state index in [9.17, 15) is 8.42 Å². The minimum Gasteiger partial charge on any atom is -0.372 e. The summed E-state index contributed by atoms with van der Waals surface area (Å²) in [6, 6.07) is 3.12. The summed E-state index contributed by atoms with van der Waals surface area (Å²) < 4.78 is 22.3. The second-order valence-corrected chi connectivity index (χ2v) is 4.36. The highest BCUT2D eigenvalue weighted by atomic mass is 32.2. The maximum Gasteiger partial charge on any atom is 0.179 e. The number of aromatic nitrogens is 1. The van der Waals surface area contributed by atoms with E-state index < -0.39 is 9.84 Å². The van der Waals surface area contributed by atoms with Gasteiger partial charge in [-0.05, 0) is 12.1 Å². The van der Waals surface area contributed by atoms with Gasteiger partial charge in [0.2, 0.25) is 0 Å². The topological polar surface area (TPSA) is 59.1 Å². The van der Waals surface area contributed by atoms with Crippen LogP contribution in [-0.2, 0) is 9.84 Å². The molecule has 0 spiro atoms. The second kappa shape index (κ2) is 3.10. The number of rotatable bonds is 2. The Morgan fingerprint density at radius 2 is 2.17 bits per heavy atom. The van der Waals surface area contributed by atoms with Gasteiger partial charge < -0.3 is 5.32 Å². The molecule has 0 aliphatic rings. The lowest BCUT2D eigenvalue weighted by atomic mass is 10.5. The molecule has 1 aromatic heterocycles. The molecule has 1 N–H and O–H groups in total. The Hall–Kier alpha value is -1.10. The molecule has 0 saturated carbocycles. The molecule has 1 rings (SSSR count). The van der Waals surface area contributed by atoms with Crippen molar-refractivity contribution in [3.63, 3.8) is 0 Å². The Labute approximate surface area is 71.6 Å². The quantitative estimate of drug-likeness (QED) is 0.731. The molecule has 0 aliphatic carbocycles. The van der Waals surface area contributed by atoms with E-state index in [1.54, 1.807) is 19.3 Å². The molecule has 1 aromatic rings. The number of sulfone groups is 1. The highest BCUT2D eigenvalue weighted by molar-refractivity contribution is 7.90. The van der Waals surface area contributed by atoms with Crippen molar-refractivity contribution in [1.82, 2.24) is 4.98 Å². The predicted octanol–water partition coefficient (Wildman–Crippen LogP) is 0.527. The third-order valence-electron chi connectivity index (χ3n) is 1.41. The van der Waals surface area contributed by atoms with Crippen LogP contribution in [0.4, 0.5) is 5.82 Å². The maximum atomic E-state index is 11.1. The van der Waals surface area contributed by atoms with Crippen LogP contribution in [0.1, 0.15) is 0 Å². The van der Waals surface area contributed by atoms with Gasteiger partial charge in [0, 0.05) is 19.5 Å². The van der Waals surface area contributed by atoms with Crippen LogP contribution in [0.3, 0.4) is 0 Å². The molecule has 0 aromatic carbocycles.